The van der Waals surface area contributed by atoms with E-state index < -0.39 is 10.7 Å². The zero-order chi connectivity index (χ0) is 21.0. The van der Waals surface area contributed by atoms with Crippen molar-refractivity contribution in [3.8, 4) is 23.1 Å². The number of nitrogens with one attached hydrogen (secondary N) is 1. The van der Waals surface area contributed by atoms with Crippen LogP contribution in [0.3, 0.4) is 0 Å². The molecule has 0 aliphatic heterocycles. The summed E-state index contributed by atoms with van der Waals surface area (Å²) in [5.41, 5.74) is 3.44. The van der Waals surface area contributed by atoms with Crippen LogP contribution in [0.25, 0.3) is 17.1 Å². The highest BCUT2D eigenvalue weighted by molar-refractivity contribution is 6.54. The Kier molecular flexibility index (Phi) is 6.77. The van der Waals surface area contributed by atoms with Gasteiger partial charge in [-0.2, -0.15) is 4.98 Å². The second-order valence-corrected chi connectivity index (χ2v) is 8.13. The number of ether oxygens (including phenoxy) is 1. The summed E-state index contributed by atoms with van der Waals surface area (Å²) in [6.45, 7) is 6.69. The summed E-state index contributed by atoms with van der Waals surface area (Å²) < 4.78 is 7.45. The lowest BCUT2D eigenvalue weighted by molar-refractivity contribution is -0.114. The number of alkyl halides is 2. The molecule has 29 heavy (non-hydrogen) atoms. The maximum atomic E-state index is 11.6. The molecule has 0 spiro atoms. The molecule has 0 bridgehead atoms. The fourth-order valence-electron chi connectivity index (χ4n) is 2.55. The molecule has 1 heterocycles. The smallest absolute Gasteiger partial charge is 0.336 e. The second kappa shape index (κ2) is 9.29. The van der Waals surface area contributed by atoms with Crippen LogP contribution in [0.2, 0.25) is 0 Å². The molecule has 0 unspecified atom stereocenters. The van der Waals surface area contributed by atoms with Crippen molar-refractivity contribution in [3.05, 3.63) is 54.1 Å². The van der Waals surface area contributed by atoms with Crippen molar-refractivity contribution in [3.63, 3.8) is 0 Å². The van der Waals surface area contributed by atoms with Crippen molar-refractivity contribution in [2.24, 2.45) is 5.92 Å². The summed E-state index contributed by atoms with van der Waals surface area (Å²) in [6.07, 6.45) is 0. The van der Waals surface area contributed by atoms with E-state index in [9.17, 15) is 4.79 Å². The molecule has 2 aromatic carbocycles. The first-order valence-corrected chi connectivity index (χ1v) is 10.1. The number of hydrogen-bond acceptors (Lipinski definition) is 4. The number of hydrogen-bond donors (Lipinski definition) is 1. The minimum absolute atomic E-state index is 0.318. The van der Waals surface area contributed by atoms with Gasteiger partial charge in [0.2, 0.25) is 0 Å². The molecule has 3 rings (SSSR count). The molecule has 1 amide bonds. The Bertz CT molecular complexity index is 967. The van der Waals surface area contributed by atoms with Gasteiger partial charge < -0.3 is 10.1 Å². The lowest BCUT2D eigenvalue weighted by atomic mass is 10.1. The van der Waals surface area contributed by atoms with Gasteiger partial charge >= 0.3 is 6.01 Å². The van der Waals surface area contributed by atoms with Gasteiger partial charge in [0.15, 0.2) is 10.7 Å². The highest BCUT2D eigenvalue weighted by Gasteiger charge is 2.16. The highest BCUT2D eigenvalue weighted by atomic mass is 35.5. The Morgan fingerprint density at radius 3 is 2.34 bits per heavy atom. The number of aryl methyl sites for hydroxylation is 1. The van der Waals surface area contributed by atoms with Gasteiger partial charge in [-0.05, 0) is 37.1 Å². The minimum atomic E-state index is -1.13. The molecule has 6 nitrogen and oxygen atoms in total. The summed E-state index contributed by atoms with van der Waals surface area (Å²) in [5.74, 6) is 0.550. The van der Waals surface area contributed by atoms with Crippen LogP contribution in [0, 0.1) is 12.8 Å². The number of benzene rings is 2. The van der Waals surface area contributed by atoms with Gasteiger partial charge in [-0.3, -0.25) is 4.79 Å². The molecule has 1 aromatic heterocycles. The molecule has 3 aromatic rings. The Morgan fingerprint density at radius 1 is 1.10 bits per heavy atom. The summed E-state index contributed by atoms with van der Waals surface area (Å²) in [6, 6.07) is 15.5. The Balaban J connectivity index is 1.93. The van der Waals surface area contributed by atoms with E-state index in [1.54, 1.807) is 16.8 Å². The van der Waals surface area contributed by atoms with Crippen LogP contribution in [0.4, 0.5) is 5.69 Å². The van der Waals surface area contributed by atoms with Gasteiger partial charge in [-0.25, -0.2) is 4.68 Å². The van der Waals surface area contributed by atoms with Crippen molar-refractivity contribution in [1.29, 1.82) is 0 Å². The SMILES string of the molecule is Cc1ccc(-c2nc(OCC(C)C)nn2-c2ccc(NC(=O)C(Cl)Cl)cc2)cc1. The minimum Gasteiger partial charge on any atom is -0.462 e. The normalized spacial score (nSPS) is 11.1. The van der Waals surface area contributed by atoms with Gasteiger partial charge in [0, 0.05) is 11.3 Å². The van der Waals surface area contributed by atoms with Gasteiger partial charge in [0.1, 0.15) is 0 Å². The molecule has 8 heteroatoms. The number of carbonyl (C=O) groups excluding carboxylic acids is 1. The van der Waals surface area contributed by atoms with E-state index in [-0.39, 0.29) is 0 Å². The van der Waals surface area contributed by atoms with Crippen LogP contribution in [0.15, 0.2) is 48.5 Å². The summed E-state index contributed by atoms with van der Waals surface area (Å²) in [4.78, 5) is 15.1. The van der Waals surface area contributed by atoms with Crippen molar-refractivity contribution in [2.75, 3.05) is 11.9 Å². The number of halogens is 2. The van der Waals surface area contributed by atoms with Crippen molar-refractivity contribution in [2.45, 2.75) is 25.6 Å². The monoisotopic (exact) mass is 432 g/mol. The van der Waals surface area contributed by atoms with E-state index in [0.717, 1.165) is 16.8 Å². The first-order valence-electron chi connectivity index (χ1n) is 9.20. The van der Waals surface area contributed by atoms with Crippen LogP contribution in [-0.4, -0.2) is 32.1 Å². The van der Waals surface area contributed by atoms with Crippen LogP contribution in [0.1, 0.15) is 19.4 Å². The number of nitrogens with zero attached hydrogens (tertiary/aromatic N) is 3. The average Bonchev–Trinajstić information content (AvgIpc) is 3.11. The van der Waals surface area contributed by atoms with Crippen molar-refractivity contribution < 1.29 is 9.53 Å². The quantitative estimate of drug-likeness (QED) is 0.532. The second-order valence-electron chi connectivity index (χ2n) is 7.04. The molecule has 0 radical (unpaired) electrons. The van der Waals surface area contributed by atoms with E-state index in [1.807, 2.05) is 43.3 Å². The predicted molar refractivity (Wildman–Crippen MR) is 116 cm³/mol. The van der Waals surface area contributed by atoms with Crippen molar-refractivity contribution in [1.82, 2.24) is 14.8 Å². The third-order valence-corrected chi connectivity index (χ3v) is 4.42. The molecule has 0 fully saturated rings. The molecule has 0 saturated heterocycles. The van der Waals surface area contributed by atoms with Gasteiger partial charge in [-0.1, -0.05) is 66.9 Å². The Hall–Kier alpha value is -2.57. The fraction of sp³-hybridized carbons (Fsp3) is 0.286. The van der Waals surface area contributed by atoms with Gasteiger partial charge in [-0.15, -0.1) is 5.10 Å². The fourth-order valence-corrected chi connectivity index (χ4v) is 2.66. The largest absolute Gasteiger partial charge is 0.462 e. The van der Waals surface area contributed by atoms with Crippen LogP contribution in [0.5, 0.6) is 6.01 Å². The third kappa shape index (κ3) is 5.49. The third-order valence-electron chi connectivity index (χ3n) is 4.02. The van der Waals surface area contributed by atoms with E-state index in [4.69, 9.17) is 27.9 Å². The van der Waals surface area contributed by atoms with Gasteiger partial charge in [0.25, 0.3) is 5.91 Å². The first-order chi connectivity index (χ1) is 13.8. The number of anilines is 1. The topological polar surface area (TPSA) is 69.0 Å². The zero-order valence-electron chi connectivity index (χ0n) is 16.4. The number of carbonyl (C=O) groups is 1. The maximum Gasteiger partial charge on any atom is 0.336 e. The Labute approximate surface area is 179 Å². The summed E-state index contributed by atoms with van der Waals surface area (Å²) >= 11 is 11.2. The predicted octanol–water partition coefficient (Wildman–Crippen LogP) is 5.02. The zero-order valence-corrected chi connectivity index (χ0v) is 17.9. The highest BCUT2D eigenvalue weighted by Crippen LogP contribution is 2.25. The van der Waals surface area contributed by atoms with Crippen LogP contribution < -0.4 is 10.1 Å². The molecule has 152 valence electrons. The van der Waals surface area contributed by atoms with Crippen LogP contribution >= 0.6 is 23.2 Å². The molecular formula is C21H22Cl2N4O2. The van der Waals surface area contributed by atoms with E-state index in [1.165, 1.54) is 0 Å². The maximum absolute atomic E-state index is 11.6. The molecular weight excluding hydrogens is 411 g/mol. The molecule has 0 atom stereocenters. The van der Waals surface area contributed by atoms with Crippen molar-refractivity contribution >= 4 is 34.8 Å². The summed E-state index contributed by atoms with van der Waals surface area (Å²) in [7, 11) is 0. The lowest BCUT2D eigenvalue weighted by Crippen LogP contribution is -2.18. The molecule has 0 saturated carbocycles. The average molecular weight is 433 g/mol. The standard InChI is InChI=1S/C21H22Cl2N4O2/c1-13(2)12-29-21-25-19(15-6-4-14(3)5-7-15)27(26-21)17-10-8-16(9-11-17)24-20(28)18(22)23/h4-11,13,18H,12H2,1-3H3,(H,24,28). The Morgan fingerprint density at radius 2 is 1.76 bits per heavy atom. The van der Waals surface area contributed by atoms with E-state index in [2.05, 4.69) is 29.2 Å². The molecule has 0 aliphatic carbocycles. The van der Waals surface area contributed by atoms with E-state index >= 15 is 0 Å². The lowest BCUT2D eigenvalue weighted by Gasteiger charge is -2.09. The number of amides is 1. The number of aromatic nitrogens is 3. The van der Waals surface area contributed by atoms with E-state index in [0.29, 0.717) is 30.0 Å². The van der Waals surface area contributed by atoms with Gasteiger partial charge in [0.05, 0.1) is 12.3 Å². The first kappa shape index (κ1) is 21.1. The van der Waals surface area contributed by atoms with Crippen LogP contribution in [-0.2, 0) is 4.79 Å². The summed E-state index contributed by atoms with van der Waals surface area (Å²) in [5, 5.41) is 7.16. The number of rotatable bonds is 7. The molecule has 0 aliphatic rings. The molecule has 1 N–H and O–H groups in total.